The third-order valence-corrected chi connectivity index (χ3v) is 3.98. The number of carbonyl (C=O) groups excluding carboxylic acids is 1. The fourth-order valence-corrected chi connectivity index (χ4v) is 2.80. The summed E-state index contributed by atoms with van der Waals surface area (Å²) in [6.45, 7) is 2.50. The lowest BCUT2D eigenvalue weighted by atomic mass is 10.1. The van der Waals surface area contributed by atoms with E-state index >= 15 is 0 Å². The van der Waals surface area contributed by atoms with Crippen molar-refractivity contribution in [1.82, 2.24) is 10.0 Å². The maximum atomic E-state index is 11.9. The Morgan fingerprint density at radius 1 is 1.25 bits per heavy atom. The second kappa shape index (κ2) is 7.98. The minimum atomic E-state index is -3.55. The van der Waals surface area contributed by atoms with Crippen LogP contribution in [0.1, 0.15) is 24.5 Å². The van der Waals surface area contributed by atoms with Crippen molar-refractivity contribution in [1.29, 1.82) is 0 Å². The van der Waals surface area contributed by atoms with Crippen molar-refractivity contribution >= 4 is 15.9 Å². The lowest BCUT2D eigenvalue weighted by Gasteiger charge is -2.10. The topological polar surface area (TPSA) is 101 Å². The molecule has 0 radical (unpaired) electrons. The smallest absolute Gasteiger partial charge is 0.235 e. The molecular formula is C13H21N3O3S. The van der Waals surface area contributed by atoms with Crippen molar-refractivity contribution in [2.45, 2.75) is 25.6 Å². The molecule has 0 aliphatic carbocycles. The zero-order valence-electron chi connectivity index (χ0n) is 11.6. The van der Waals surface area contributed by atoms with Crippen molar-refractivity contribution < 1.29 is 13.2 Å². The fraction of sp³-hybridized carbons (Fsp3) is 0.462. The Balaban J connectivity index is 2.59. The standard InChI is InChI=1S/C13H21N3O3S/c1-2-7-15-13(17)9-16-20(18,19)10-12-6-4-3-5-11(12)8-14/h3-6,16H,2,7-10,14H2,1H3,(H,15,17). The van der Waals surface area contributed by atoms with Gasteiger partial charge in [-0.2, -0.15) is 0 Å². The Morgan fingerprint density at radius 2 is 1.90 bits per heavy atom. The van der Waals surface area contributed by atoms with E-state index in [2.05, 4.69) is 10.0 Å². The van der Waals surface area contributed by atoms with E-state index in [9.17, 15) is 13.2 Å². The van der Waals surface area contributed by atoms with Crippen LogP contribution in [0.4, 0.5) is 0 Å². The van der Waals surface area contributed by atoms with Crippen LogP contribution in [0.5, 0.6) is 0 Å². The summed E-state index contributed by atoms with van der Waals surface area (Å²) in [6, 6.07) is 7.08. The second-order valence-corrected chi connectivity index (χ2v) is 6.21. The Labute approximate surface area is 119 Å². The van der Waals surface area contributed by atoms with Gasteiger partial charge in [-0.1, -0.05) is 31.2 Å². The zero-order chi connectivity index (χ0) is 15.0. The first-order chi connectivity index (χ1) is 9.48. The molecule has 112 valence electrons. The molecule has 0 fully saturated rings. The van der Waals surface area contributed by atoms with E-state index < -0.39 is 10.0 Å². The van der Waals surface area contributed by atoms with Gasteiger partial charge in [0, 0.05) is 13.1 Å². The largest absolute Gasteiger partial charge is 0.355 e. The van der Waals surface area contributed by atoms with Crippen LogP contribution in [0.3, 0.4) is 0 Å². The summed E-state index contributed by atoms with van der Waals surface area (Å²) < 4.78 is 26.1. The molecule has 1 amide bonds. The summed E-state index contributed by atoms with van der Waals surface area (Å²) in [7, 11) is -3.55. The summed E-state index contributed by atoms with van der Waals surface area (Å²) >= 11 is 0. The minimum Gasteiger partial charge on any atom is -0.355 e. The number of sulfonamides is 1. The molecule has 1 rings (SSSR count). The van der Waals surface area contributed by atoms with E-state index in [0.29, 0.717) is 12.1 Å². The van der Waals surface area contributed by atoms with Gasteiger partial charge >= 0.3 is 0 Å². The van der Waals surface area contributed by atoms with E-state index in [0.717, 1.165) is 12.0 Å². The van der Waals surface area contributed by atoms with Gasteiger partial charge in [0.1, 0.15) is 0 Å². The van der Waals surface area contributed by atoms with E-state index in [1.165, 1.54) is 0 Å². The molecule has 1 aromatic rings. The van der Waals surface area contributed by atoms with Crippen LogP contribution in [0.2, 0.25) is 0 Å². The summed E-state index contributed by atoms with van der Waals surface area (Å²) in [5.74, 6) is -0.510. The number of nitrogens with two attached hydrogens (primary N) is 1. The Kier molecular flexibility index (Phi) is 6.63. The SMILES string of the molecule is CCCNC(=O)CNS(=O)(=O)Cc1ccccc1CN. The highest BCUT2D eigenvalue weighted by molar-refractivity contribution is 7.88. The third kappa shape index (κ3) is 5.68. The van der Waals surface area contributed by atoms with Crippen molar-refractivity contribution in [3.05, 3.63) is 35.4 Å². The highest BCUT2D eigenvalue weighted by Crippen LogP contribution is 2.11. The first-order valence-electron chi connectivity index (χ1n) is 6.49. The third-order valence-electron chi connectivity index (χ3n) is 2.71. The molecule has 0 aliphatic heterocycles. The Bertz CT molecular complexity index is 544. The maximum absolute atomic E-state index is 11.9. The quantitative estimate of drug-likeness (QED) is 0.633. The monoisotopic (exact) mass is 299 g/mol. The van der Waals surface area contributed by atoms with Gasteiger partial charge in [0.2, 0.25) is 15.9 Å². The lowest BCUT2D eigenvalue weighted by Crippen LogP contribution is -2.37. The van der Waals surface area contributed by atoms with Crippen LogP contribution < -0.4 is 15.8 Å². The van der Waals surface area contributed by atoms with Gasteiger partial charge in [0.25, 0.3) is 0 Å². The van der Waals surface area contributed by atoms with Gasteiger partial charge in [-0.3, -0.25) is 4.79 Å². The van der Waals surface area contributed by atoms with Gasteiger partial charge in [-0.25, -0.2) is 13.1 Å². The van der Waals surface area contributed by atoms with Crippen LogP contribution in [0, 0.1) is 0 Å². The van der Waals surface area contributed by atoms with E-state index in [4.69, 9.17) is 5.73 Å². The molecule has 0 saturated heterocycles. The lowest BCUT2D eigenvalue weighted by molar-refractivity contribution is -0.119. The average molecular weight is 299 g/mol. The molecule has 0 saturated carbocycles. The number of hydrogen-bond donors (Lipinski definition) is 3. The summed E-state index contributed by atoms with van der Waals surface area (Å²) in [4.78, 5) is 11.4. The molecule has 0 spiro atoms. The predicted octanol–water partition coefficient (Wildman–Crippen LogP) is 0.0909. The van der Waals surface area contributed by atoms with Gasteiger partial charge in [-0.15, -0.1) is 0 Å². The molecule has 0 heterocycles. The van der Waals surface area contributed by atoms with Crippen LogP contribution in [-0.2, 0) is 27.1 Å². The van der Waals surface area contributed by atoms with Crippen LogP contribution >= 0.6 is 0 Å². The van der Waals surface area contributed by atoms with Crippen molar-refractivity contribution in [3.8, 4) is 0 Å². The number of hydrogen-bond acceptors (Lipinski definition) is 4. The first-order valence-corrected chi connectivity index (χ1v) is 8.14. The number of rotatable bonds is 8. The maximum Gasteiger partial charge on any atom is 0.235 e. The normalized spacial score (nSPS) is 11.3. The van der Waals surface area contributed by atoms with Crippen molar-refractivity contribution in [3.63, 3.8) is 0 Å². The molecule has 0 bridgehead atoms. The summed E-state index contributed by atoms with van der Waals surface area (Å²) in [6.07, 6.45) is 0.808. The molecule has 4 N–H and O–H groups in total. The number of nitrogens with one attached hydrogen (secondary N) is 2. The molecule has 20 heavy (non-hydrogen) atoms. The van der Waals surface area contributed by atoms with Crippen molar-refractivity contribution in [2.24, 2.45) is 5.73 Å². The predicted molar refractivity (Wildman–Crippen MR) is 78.3 cm³/mol. The fourth-order valence-electron chi connectivity index (χ4n) is 1.66. The number of benzene rings is 1. The highest BCUT2D eigenvalue weighted by Gasteiger charge is 2.14. The summed E-state index contributed by atoms with van der Waals surface area (Å²) in [5.41, 5.74) is 7.00. The molecule has 0 atom stereocenters. The number of carbonyl (C=O) groups is 1. The molecule has 6 nitrogen and oxygen atoms in total. The highest BCUT2D eigenvalue weighted by atomic mass is 32.2. The van der Waals surface area contributed by atoms with E-state index in [1.807, 2.05) is 13.0 Å². The summed E-state index contributed by atoms with van der Waals surface area (Å²) in [5, 5.41) is 2.61. The molecule has 7 heteroatoms. The Hall–Kier alpha value is -1.44. The zero-order valence-corrected chi connectivity index (χ0v) is 12.4. The average Bonchev–Trinajstić information content (AvgIpc) is 2.43. The van der Waals surface area contributed by atoms with Crippen LogP contribution in [0.25, 0.3) is 0 Å². The molecule has 0 aromatic heterocycles. The second-order valence-electron chi connectivity index (χ2n) is 4.40. The van der Waals surface area contributed by atoms with Gasteiger partial charge in [0.15, 0.2) is 0 Å². The van der Waals surface area contributed by atoms with E-state index in [1.54, 1.807) is 18.2 Å². The first kappa shape index (κ1) is 16.6. The molecule has 1 aromatic carbocycles. The Morgan fingerprint density at radius 3 is 2.50 bits per heavy atom. The van der Waals surface area contributed by atoms with E-state index in [-0.39, 0.29) is 24.7 Å². The molecule has 0 unspecified atom stereocenters. The minimum absolute atomic E-state index is 0.179. The number of amides is 1. The van der Waals surface area contributed by atoms with Gasteiger partial charge < -0.3 is 11.1 Å². The van der Waals surface area contributed by atoms with Crippen LogP contribution in [-0.4, -0.2) is 27.4 Å². The van der Waals surface area contributed by atoms with Gasteiger partial charge in [0.05, 0.1) is 12.3 Å². The molecular weight excluding hydrogens is 278 g/mol. The van der Waals surface area contributed by atoms with Crippen LogP contribution in [0.15, 0.2) is 24.3 Å². The molecule has 0 aliphatic rings. The van der Waals surface area contributed by atoms with Gasteiger partial charge in [-0.05, 0) is 17.5 Å². The van der Waals surface area contributed by atoms with Crippen molar-refractivity contribution in [2.75, 3.05) is 13.1 Å².